The maximum Gasteiger partial charge on any atom is 0.401 e. The minimum atomic E-state index is -4.19. The molecule has 1 aromatic carbocycles. The van der Waals surface area contributed by atoms with Crippen molar-refractivity contribution < 1.29 is 17.6 Å². The highest BCUT2D eigenvalue weighted by atomic mass is 127. The number of hydrogen-bond acceptors (Lipinski definition) is 3. The Labute approximate surface area is 193 Å². The number of nitrogens with one attached hydrogen (secondary N) is 2. The maximum atomic E-state index is 13.0. The van der Waals surface area contributed by atoms with Crippen molar-refractivity contribution in [1.82, 2.24) is 20.4 Å². The fraction of sp³-hybridized carbons (Fsp3) is 0.650. The SMILES string of the molecule is CCNC(=NCCN(C)CC(F)(F)F)NC1CCN(Cc2ccc(F)cc2)CC1.I. The van der Waals surface area contributed by atoms with Crippen LogP contribution >= 0.6 is 24.0 Å². The maximum absolute atomic E-state index is 13.0. The Morgan fingerprint density at radius 1 is 1.20 bits per heavy atom. The normalized spacial score (nSPS) is 16.4. The molecule has 1 aromatic rings. The fourth-order valence-electron chi connectivity index (χ4n) is 3.31. The number of benzene rings is 1. The van der Waals surface area contributed by atoms with Gasteiger partial charge in [-0.2, -0.15) is 13.2 Å². The molecule has 1 aliphatic heterocycles. The van der Waals surface area contributed by atoms with Crippen LogP contribution in [0.2, 0.25) is 0 Å². The molecule has 0 unspecified atom stereocenters. The van der Waals surface area contributed by atoms with Crippen LogP contribution in [0.3, 0.4) is 0 Å². The summed E-state index contributed by atoms with van der Waals surface area (Å²) in [6.07, 6.45) is -2.30. The van der Waals surface area contributed by atoms with Gasteiger partial charge < -0.3 is 10.6 Å². The molecule has 2 rings (SSSR count). The van der Waals surface area contributed by atoms with Gasteiger partial charge in [-0.15, -0.1) is 24.0 Å². The van der Waals surface area contributed by atoms with E-state index in [2.05, 4.69) is 20.5 Å². The van der Waals surface area contributed by atoms with Gasteiger partial charge in [0.15, 0.2) is 5.96 Å². The second kappa shape index (κ2) is 13.3. The monoisotopic (exact) mass is 545 g/mol. The fourth-order valence-corrected chi connectivity index (χ4v) is 3.31. The van der Waals surface area contributed by atoms with Gasteiger partial charge in [-0.25, -0.2) is 4.39 Å². The third kappa shape index (κ3) is 10.8. The minimum absolute atomic E-state index is 0. The molecule has 0 amide bonds. The van der Waals surface area contributed by atoms with E-state index in [0.717, 1.165) is 38.0 Å². The molecule has 5 nitrogen and oxygen atoms in total. The van der Waals surface area contributed by atoms with E-state index in [4.69, 9.17) is 0 Å². The van der Waals surface area contributed by atoms with Crippen molar-refractivity contribution in [2.24, 2.45) is 4.99 Å². The zero-order chi connectivity index (χ0) is 21.3. The Kier molecular flexibility index (Phi) is 11.9. The Balaban J connectivity index is 0.00000450. The van der Waals surface area contributed by atoms with Crippen molar-refractivity contribution in [2.45, 2.75) is 38.5 Å². The number of likely N-dealkylation sites (N-methyl/N-ethyl adjacent to an activating group) is 1. The van der Waals surface area contributed by atoms with Gasteiger partial charge in [0.1, 0.15) is 5.82 Å². The highest BCUT2D eigenvalue weighted by Gasteiger charge is 2.28. The molecule has 0 saturated carbocycles. The van der Waals surface area contributed by atoms with E-state index in [1.807, 2.05) is 19.1 Å². The number of guanidine groups is 1. The molecular weight excluding hydrogens is 513 g/mol. The number of nitrogens with zero attached hydrogens (tertiary/aromatic N) is 3. The van der Waals surface area contributed by atoms with Crippen LogP contribution in [0.1, 0.15) is 25.3 Å². The molecule has 2 N–H and O–H groups in total. The van der Waals surface area contributed by atoms with Crippen LogP contribution < -0.4 is 10.6 Å². The Morgan fingerprint density at radius 2 is 1.83 bits per heavy atom. The molecule has 0 aliphatic carbocycles. The zero-order valence-corrected chi connectivity index (χ0v) is 19.8. The van der Waals surface area contributed by atoms with Crippen molar-refractivity contribution in [2.75, 3.05) is 46.3 Å². The molecule has 1 saturated heterocycles. The summed E-state index contributed by atoms with van der Waals surface area (Å²) in [5, 5.41) is 6.55. The number of piperidine rings is 1. The van der Waals surface area contributed by atoms with Gasteiger partial charge in [0.2, 0.25) is 0 Å². The Hall–Kier alpha value is -1.14. The predicted molar refractivity (Wildman–Crippen MR) is 123 cm³/mol. The zero-order valence-electron chi connectivity index (χ0n) is 17.5. The van der Waals surface area contributed by atoms with E-state index in [-0.39, 0.29) is 42.4 Å². The first-order valence-electron chi connectivity index (χ1n) is 10.0. The lowest BCUT2D eigenvalue weighted by molar-refractivity contribution is -0.142. The van der Waals surface area contributed by atoms with Crippen molar-refractivity contribution in [3.63, 3.8) is 0 Å². The standard InChI is InChI=1S/C20H31F4N5.HI/c1-3-25-19(26-10-13-28(2)15-20(22,23)24)27-18-8-11-29(12-9-18)14-16-4-6-17(21)7-5-16;/h4-7,18H,3,8-15H2,1-2H3,(H2,25,26,27);1H. The van der Waals surface area contributed by atoms with Crippen molar-refractivity contribution in [1.29, 1.82) is 0 Å². The molecule has 1 aliphatic rings. The van der Waals surface area contributed by atoms with Crippen LogP contribution in [0.25, 0.3) is 0 Å². The lowest BCUT2D eigenvalue weighted by atomic mass is 10.0. The van der Waals surface area contributed by atoms with Crippen LogP contribution in [-0.4, -0.2) is 74.3 Å². The smallest absolute Gasteiger partial charge is 0.357 e. The first kappa shape index (κ1) is 26.9. The van der Waals surface area contributed by atoms with E-state index in [9.17, 15) is 17.6 Å². The summed E-state index contributed by atoms with van der Waals surface area (Å²) in [6.45, 7) is 4.89. The molecular formula is C20H32F4IN5. The lowest BCUT2D eigenvalue weighted by Gasteiger charge is -2.33. The highest BCUT2D eigenvalue weighted by Crippen LogP contribution is 2.16. The Bertz CT molecular complexity index is 631. The second-order valence-corrected chi connectivity index (χ2v) is 7.43. The van der Waals surface area contributed by atoms with Crippen LogP contribution in [0.15, 0.2) is 29.3 Å². The average molecular weight is 545 g/mol. The average Bonchev–Trinajstić information content (AvgIpc) is 2.64. The van der Waals surface area contributed by atoms with E-state index in [0.29, 0.717) is 19.0 Å². The molecule has 0 radical (unpaired) electrons. The molecule has 0 atom stereocenters. The van der Waals surface area contributed by atoms with Crippen molar-refractivity contribution in [3.05, 3.63) is 35.6 Å². The van der Waals surface area contributed by atoms with Gasteiger partial charge in [0.25, 0.3) is 0 Å². The summed E-state index contributed by atoms with van der Waals surface area (Å²) in [7, 11) is 1.44. The topological polar surface area (TPSA) is 42.9 Å². The lowest BCUT2D eigenvalue weighted by Crippen LogP contribution is -2.48. The quantitative estimate of drug-likeness (QED) is 0.228. The second-order valence-electron chi connectivity index (χ2n) is 7.43. The van der Waals surface area contributed by atoms with Gasteiger partial charge in [0.05, 0.1) is 13.1 Å². The number of aliphatic imine (C=N–C) groups is 1. The largest absolute Gasteiger partial charge is 0.401 e. The minimum Gasteiger partial charge on any atom is -0.357 e. The van der Waals surface area contributed by atoms with E-state index >= 15 is 0 Å². The molecule has 1 fully saturated rings. The van der Waals surface area contributed by atoms with Crippen LogP contribution in [0.4, 0.5) is 17.6 Å². The third-order valence-corrected chi connectivity index (χ3v) is 4.79. The number of likely N-dealkylation sites (tertiary alicyclic amines) is 1. The molecule has 30 heavy (non-hydrogen) atoms. The van der Waals surface area contributed by atoms with E-state index in [1.54, 1.807) is 0 Å². The van der Waals surface area contributed by atoms with Crippen LogP contribution in [0, 0.1) is 5.82 Å². The Morgan fingerprint density at radius 3 is 2.40 bits per heavy atom. The number of halogens is 5. The summed E-state index contributed by atoms with van der Waals surface area (Å²) in [4.78, 5) is 7.97. The highest BCUT2D eigenvalue weighted by molar-refractivity contribution is 14.0. The van der Waals surface area contributed by atoms with Gasteiger partial charge in [-0.1, -0.05) is 12.1 Å². The van der Waals surface area contributed by atoms with Crippen LogP contribution in [0.5, 0.6) is 0 Å². The summed E-state index contributed by atoms with van der Waals surface area (Å²) in [5.41, 5.74) is 1.09. The molecule has 172 valence electrons. The van der Waals surface area contributed by atoms with Crippen molar-refractivity contribution in [3.8, 4) is 0 Å². The van der Waals surface area contributed by atoms with E-state index in [1.165, 1.54) is 24.1 Å². The molecule has 0 aromatic heterocycles. The van der Waals surface area contributed by atoms with Gasteiger partial charge >= 0.3 is 6.18 Å². The number of hydrogen-bond donors (Lipinski definition) is 2. The molecule has 1 heterocycles. The third-order valence-electron chi connectivity index (χ3n) is 4.79. The predicted octanol–water partition coefficient (Wildman–Crippen LogP) is 3.46. The van der Waals surface area contributed by atoms with Crippen molar-refractivity contribution >= 4 is 29.9 Å². The van der Waals surface area contributed by atoms with E-state index < -0.39 is 12.7 Å². The van der Waals surface area contributed by atoms with Crippen LogP contribution in [-0.2, 0) is 6.54 Å². The van der Waals surface area contributed by atoms with Gasteiger partial charge in [0, 0.05) is 38.8 Å². The summed E-state index contributed by atoms with van der Waals surface area (Å²) in [6, 6.07) is 6.85. The first-order chi connectivity index (χ1) is 13.7. The summed E-state index contributed by atoms with van der Waals surface area (Å²) in [5.74, 6) is 0.418. The number of rotatable bonds is 8. The summed E-state index contributed by atoms with van der Waals surface area (Å²) >= 11 is 0. The van der Waals surface area contributed by atoms with Gasteiger partial charge in [-0.05, 0) is 44.5 Å². The molecule has 0 bridgehead atoms. The first-order valence-corrected chi connectivity index (χ1v) is 10.0. The number of alkyl halides is 3. The molecule has 10 heteroatoms. The molecule has 0 spiro atoms. The summed E-state index contributed by atoms with van der Waals surface area (Å²) < 4.78 is 50.2. The van der Waals surface area contributed by atoms with Gasteiger partial charge in [-0.3, -0.25) is 14.8 Å².